The van der Waals surface area contributed by atoms with Gasteiger partial charge in [-0.2, -0.15) is 0 Å². The largest absolute Gasteiger partial charge is 0.493 e. The molecule has 2 aromatic rings. The summed E-state index contributed by atoms with van der Waals surface area (Å²) in [5, 5.41) is 14.1. The predicted octanol–water partition coefficient (Wildman–Crippen LogP) is 2.52. The molecule has 186 valence electrons. The third kappa shape index (κ3) is 4.96. The van der Waals surface area contributed by atoms with Crippen molar-refractivity contribution in [3.8, 4) is 5.75 Å². The van der Waals surface area contributed by atoms with E-state index in [2.05, 4.69) is 22.4 Å². The van der Waals surface area contributed by atoms with E-state index < -0.39 is 6.10 Å². The first kappa shape index (κ1) is 23.9. The fraction of sp³-hybridized carbons (Fsp3) is 0.519. The van der Waals surface area contributed by atoms with Crippen LogP contribution in [0, 0.1) is 0 Å². The molecule has 0 radical (unpaired) electrons. The van der Waals surface area contributed by atoms with Crippen molar-refractivity contribution in [2.24, 2.45) is 0 Å². The third-order valence-electron chi connectivity index (χ3n) is 7.40. The first-order valence-corrected chi connectivity index (χ1v) is 12.6. The van der Waals surface area contributed by atoms with Crippen LogP contribution in [-0.4, -0.2) is 70.7 Å². The second-order valence-electron chi connectivity index (χ2n) is 9.62. The smallest absolute Gasteiger partial charge is 0.273 e. The van der Waals surface area contributed by atoms with Gasteiger partial charge >= 0.3 is 0 Å². The first-order chi connectivity index (χ1) is 17.0. The Morgan fingerprint density at radius 2 is 1.97 bits per heavy atom. The van der Waals surface area contributed by atoms with Gasteiger partial charge in [-0.3, -0.25) is 14.6 Å². The summed E-state index contributed by atoms with van der Waals surface area (Å²) in [5.41, 5.74) is 3.12. The van der Waals surface area contributed by atoms with Gasteiger partial charge in [0.1, 0.15) is 11.4 Å². The molecule has 35 heavy (non-hydrogen) atoms. The summed E-state index contributed by atoms with van der Waals surface area (Å²) in [5.74, 6) is 0.0807. The molecule has 0 saturated carbocycles. The molecule has 0 aliphatic carbocycles. The van der Waals surface area contributed by atoms with Crippen LogP contribution < -0.4 is 10.1 Å². The number of aromatic nitrogens is 1. The van der Waals surface area contributed by atoms with Crippen molar-refractivity contribution >= 4 is 11.7 Å². The Morgan fingerprint density at radius 3 is 2.71 bits per heavy atom. The summed E-state index contributed by atoms with van der Waals surface area (Å²) >= 11 is 0. The average molecular weight is 480 g/mol. The Hall–Kier alpha value is -2.81. The highest BCUT2D eigenvalue weighted by Crippen LogP contribution is 2.31. The lowest BCUT2D eigenvalue weighted by atomic mass is 9.91. The van der Waals surface area contributed by atoms with E-state index in [1.165, 1.54) is 17.3 Å². The van der Waals surface area contributed by atoms with Gasteiger partial charge in [0.2, 0.25) is 0 Å². The normalized spacial score (nSPS) is 24.1. The number of rotatable bonds is 8. The van der Waals surface area contributed by atoms with Crippen molar-refractivity contribution in [2.45, 2.75) is 69.8 Å². The molecule has 4 atom stereocenters. The Bertz CT molecular complexity index is 1070. The van der Waals surface area contributed by atoms with Crippen molar-refractivity contribution in [1.29, 1.82) is 0 Å². The van der Waals surface area contributed by atoms with E-state index in [4.69, 9.17) is 9.47 Å². The molecule has 3 aliphatic rings. The minimum atomic E-state index is -0.645. The summed E-state index contributed by atoms with van der Waals surface area (Å²) in [6.45, 7) is 4.04. The standard InChI is InChI=1S/C27H33N3O5/c1-2-35-26-12-23(27(33)30-19-7-8-20(30)16-34-15-19)29-14-21(26)24(31)9-10-25(32)22-11-17-5-3-4-6-18(17)13-28-22/h3-6,12,14,19-20,22,25,28,32H,2,7-11,13,15-16H2,1H3/t19?,20?,22-,25+/m0/s1. The zero-order valence-corrected chi connectivity index (χ0v) is 20.1. The van der Waals surface area contributed by atoms with Gasteiger partial charge in [0.05, 0.1) is 43.6 Å². The molecule has 1 amide bonds. The summed E-state index contributed by atoms with van der Waals surface area (Å²) in [6.07, 6.45) is 3.92. The molecular formula is C27H33N3O5. The van der Waals surface area contributed by atoms with Crippen molar-refractivity contribution in [1.82, 2.24) is 15.2 Å². The number of nitrogens with one attached hydrogen (secondary N) is 1. The van der Waals surface area contributed by atoms with E-state index in [0.29, 0.717) is 44.1 Å². The van der Waals surface area contributed by atoms with Crippen LogP contribution in [0.2, 0.25) is 0 Å². The summed E-state index contributed by atoms with van der Waals surface area (Å²) in [7, 11) is 0. The fourth-order valence-corrected chi connectivity index (χ4v) is 5.50. The molecule has 2 unspecified atom stereocenters. The Balaban J connectivity index is 1.24. The maximum Gasteiger partial charge on any atom is 0.273 e. The van der Waals surface area contributed by atoms with Crippen LogP contribution in [0.3, 0.4) is 0 Å². The zero-order valence-electron chi connectivity index (χ0n) is 20.1. The highest BCUT2D eigenvalue weighted by atomic mass is 16.5. The zero-order chi connectivity index (χ0) is 24.4. The van der Waals surface area contributed by atoms with Gasteiger partial charge in [0, 0.05) is 31.3 Å². The van der Waals surface area contributed by atoms with Crippen LogP contribution >= 0.6 is 0 Å². The number of carbonyl (C=O) groups is 2. The van der Waals surface area contributed by atoms with E-state index in [9.17, 15) is 14.7 Å². The lowest BCUT2D eigenvalue weighted by Crippen LogP contribution is -2.49. The number of aliphatic hydroxyl groups excluding tert-OH is 1. The van der Waals surface area contributed by atoms with Crippen LogP contribution in [0.5, 0.6) is 5.75 Å². The minimum absolute atomic E-state index is 0.0850. The van der Waals surface area contributed by atoms with E-state index in [1.807, 2.05) is 24.0 Å². The Labute approximate surface area is 205 Å². The number of ketones is 1. The van der Waals surface area contributed by atoms with Crippen molar-refractivity contribution in [2.75, 3.05) is 19.8 Å². The first-order valence-electron chi connectivity index (χ1n) is 12.6. The number of hydrogen-bond acceptors (Lipinski definition) is 7. The highest BCUT2D eigenvalue weighted by molar-refractivity contribution is 6.00. The number of ether oxygens (including phenoxy) is 2. The van der Waals surface area contributed by atoms with Gasteiger partial charge in [-0.15, -0.1) is 0 Å². The second-order valence-corrected chi connectivity index (χ2v) is 9.62. The number of carbonyl (C=O) groups excluding carboxylic acids is 2. The van der Waals surface area contributed by atoms with E-state index >= 15 is 0 Å². The summed E-state index contributed by atoms with van der Waals surface area (Å²) in [6, 6.07) is 9.88. The number of nitrogens with zero attached hydrogens (tertiary/aromatic N) is 2. The molecule has 4 heterocycles. The van der Waals surface area contributed by atoms with Gasteiger partial charge in [-0.05, 0) is 43.7 Å². The van der Waals surface area contributed by atoms with Gasteiger partial charge in [0.25, 0.3) is 5.91 Å². The number of benzene rings is 1. The SMILES string of the molecule is CCOc1cc(C(=O)N2C3CCC2COC3)ncc1C(=O)CC[C@@H](O)[C@@H]1Cc2ccccc2CN1. The molecule has 1 aromatic carbocycles. The third-order valence-corrected chi connectivity index (χ3v) is 7.40. The van der Waals surface area contributed by atoms with E-state index in [1.54, 1.807) is 6.07 Å². The van der Waals surface area contributed by atoms with Crippen molar-refractivity contribution < 1.29 is 24.2 Å². The predicted molar refractivity (Wildman–Crippen MR) is 130 cm³/mol. The van der Waals surface area contributed by atoms with Crippen LogP contribution in [-0.2, 0) is 17.7 Å². The van der Waals surface area contributed by atoms with Crippen LogP contribution in [0.25, 0.3) is 0 Å². The summed E-state index contributed by atoms with van der Waals surface area (Å²) < 4.78 is 11.3. The van der Waals surface area contributed by atoms with E-state index in [-0.39, 0.29) is 41.9 Å². The van der Waals surface area contributed by atoms with Crippen molar-refractivity contribution in [3.63, 3.8) is 0 Å². The van der Waals surface area contributed by atoms with Crippen molar-refractivity contribution in [3.05, 3.63) is 58.9 Å². The van der Waals surface area contributed by atoms with Crippen LogP contribution in [0.4, 0.5) is 0 Å². The fourth-order valence-electron chi connectivity index (χ4n) is 5.50. The number of hydrogen-bond donors (Lipinski definition) is 2. The number of Topliss-reactive ketones (excluding diaryl/α,β-unsaturated/α-hetero) is 1. The van der Waals surface area contributed by atoms with Gasteiger partial charge in [0.15, 0.2) is 5.78 Å². The second kappa shape index (κ2) is 10.4. The molecule has 3 aliphatic heterocycles. The number of aliphatic hydroxyl groups is 1. The Kier molecular flexibility index (Phi) is 7.13. The van der Waals surface area contributed by atoms with Crippen LogP contribution in [0.1, 0.15) is 64.6 Å². The number of pyridine rings is 1. The molecule has 2 N–H and O–H groups in total. The van der Waals surface area contributed by atoms with Gasteiger partial charge < -0.3 is 24.8 Å². The lowest BCUT2D eigenvalue weighted by molar-refractivity contribution is -0.00748. The lowest BCUT2D eigenvalue weighted by Gasteiger charge is -2.34. The molecule has 1 aromatic heterocycles. The monoisotopic (exact) mass is 479 g/mol. The molecule has 0 spiro atoms. The maximum atomic E-state index is 13.2. The molecule has 2 bridgehead atoms. The molecule has 5 rings (SSSR count). The summed E-state index contributed by atoms with van der Waals surface area (Å²) in [4.78, 5) is 32.5. The molecule has 8 nitrogen and oxygen atoms in total. The minimum Gasteiger partial charge on any atom is -0.493 e. The van der Waals surface area contributed by atoms with Gasteiger partial charge in [-0.25, -0.2) is 0 Å². The maximum absolute atomic E-state index is 13.2. The van der Waals surface area contributed by atoms with E-state index in [0.717, 1.165) is 19.3 Å². The highest BCUT2D eigenvalue weighted by Gasteiger charge is 2.41. The number of amides is 1. The molecule has 8 heteroatoms. The average Bonchev–Trinajstić information content (AvgIpc) is 3.14. The van der Waals surface area contributed by atoms with Crippen LogP contribution in [0.15, 0.2) is 36.5 Å². The molecular weight excluding hydrogens is 446 g/mol. The Morgan fingerprint density at radius 1 is 1.23 bits per heavy atom. The molecule has 2 saturated heterocycles. The topological polar surface area (TPSA) is 101 Å². The number of morpholine rings is 1. The van der Waals surface area contributed by atoms with Gasteiger partial charge in [-0.1, -0.05) is 24.3 Å². The molecule has 2 fully saturated rings. The number of fused-ring (bicyclic) bond motifs is 3. The quantitative estimate of drug-likeness (QED) is 0.561.